The fourth-order valence-electron chi connectivity index (χ4n) is 11.0. The number of hydrogen-bond acceptors (Lipinski definition) is 17. The molecule has 0 aromatic heterocycles. The second-order valence-corrected chi connectivity index (χ2v) is 24.5. The van der Waals surface area contributed by atoms with Gasteiger partial charge in [-0.2, -0.15) is 0 Å². The van der Waals surface area contributed by atoms with Gasteiger partial charge in [0.15, 0.2) is 11.5 Å². The maximum absolute atomic E-state index is 15.1. The third kappa shape index (κ3) is 26.9. The Hall–Kier alpha value is -8.53. The van der Waals surface area contributed by atoms with Crippen molar-refractivity contribution in [2.45, 2.75) is 91.1 Å². The van der Waals surface area contributed by atoms with Gasteiger partial charge in [-0.05, 0) is 143 Å². The highest BCUT2D eigenvalue weighted by Gasteiger charge is 2.33. The van der Waals surface area contributed by atoms with E-state index in [1.54, 1.807) is 18.2 Å². The summed E-state index contributed by atoms with van der Waals surface area (Å²) in [6.45, 7) is 4.11. The molecule has 0 fully saturated rings. The number of fused-ring (bicyclic) bond motifs is 1. The number of nitrogens with one attached hydrogen (secondary N) is 1. The molecule has 0 saturated carbocycles. The van der Waals surface area contributed by atoms with E-state index >= 15 is 9.59 Å². The van der Waals surface area contributed by atoms with Gasteiger partial charge >= 0.3 is 0 Å². The fraction of sp³-hybridized carbons (Fsp3) is 0.529. The molecular formula is C70H105N15O11. The molecule has 0 spiro atoms. The van der Waals surface area contributed by atoms with Crippen molar-refractivity contribution >= 4 is 53.2 Å². The summed E-state index contributed by atoms with van der Waals surface area (Å²) in [6, 6.07) is 31.7. The minimum absolute atomic E-state index is 0.0189. The van der Waals surface area contributed by atoms with Gasteiger partial charge in [0.05, 0.1) is 51.9 Å². The second-order valence-electron chi connectivity index (χ2n) is 24.5. The topological polar surface area (TPSA) is 366 Å². The number of carbonyl (C=O) groups excluding carboxylic acids is 9. The highest BCUT2D eigenvalue weighted by molar-refractivity contribution is 5.94. The predicted molar refractivity (Wildman–Crippen MR) is 369 cm³/mol. The van der Waals surface area contributed by atoms with Crippen LogP contribution in [0.3, 0.4) is 0 Å². The molecule has 1 atom stereocenters. The maximum atomic E-state index is 15.1. The summed E-state index contributed by atoms with van der Waals surface area (Å²) >= 11 is 0. The molecule has 26 nitrogen and oxygen atoms in total. The smallest absolute Gasteiger partial charge is 0.242 e. The van der Waals surface area contributed by atoms with E-state index in [1.807, 2.05) is 106 Å². The molecule has 1 aliphatic rings. The molecule has 26 heteroatoms. The maximum Gasteiger partial charge on any atom is 0.242 e. The van der Waals surface area contributed by atoms with E-state index in [0.717, 1.165) is 35.1 Å². The first-order valence-corrected chi connectivity index (χ1v) is 33.6. The molecule has 96 heavy (non-hydrogen) atoms. The lowest BCUT2D eigenvalue weighted by atomic mass is 10.0. The van der Waals surface area contributed by atoms with Crippen LogP contribution in [0.25, 0.3) is 11.1 Å². The quantitative estimate of drug-likeness (QED) is 0.0311. The molecule has 5 rings (SSSR count). The first-order valence-electron chi connectivity index (χ1n) is 33.6. The van der Waals surface area contributed by atoms with E-state index in [-0.39, 0.29) is 90.6 Å². The Morgan fingerprint density at radius 2 is 0.865 bits per heavy atom. The van der Waals surface area contributed by atoms with Crippen LogP contribution in [0.5, 0.6) is 11.5 Å². The summed E-state index contributed by atoms with van der Waals surface area (Å²) in [6.07, 6.45) is 4.61. The van der Waals surface area contributed by atoms with Crippen LogP contribution in [-0.2, 0) is 56.1 Å². The largest absolute Gasteiger partial charge is 0.454 e. The molecule has 0 saturated heterocycles. The minimum Gasteiger partial charge on any atom is -0.454 e. The van der Waals surface area contributed by atoms with E-state index in [0.29, 0.717) is 88.2 Å². The van der Waals surface area contributed by atoms with Crippen LogP contribution in [0.15, 0.2) is 103 Å². The van der Waals surface area contributed by atoms with E-state index < -0.39 is 99.1 Å². The van der Waals surface area contributed by atoms with Crippen LogP contribution in [-0.4, -0.2) is 237 Å². The highest BCUT2D eigenvalue weighted by atomic mass is 16.7. The van der Waals surface area contributed by atoms with Crippen molar-refractivity contribution in [3.63, 3.8) is 0 Å². The molecule has 4 aromatic rings. The SMILES string of the molecule is CC(C)CN(CC(=O)N(CCCCN)CC(=O)N(CC(=O)N(CCCCN)CC(=O)N(CCCCN)CC(=O)N(CCN)CC(=O)N(CCc1ccc(-c2ccccc2)cc1)CC(N)=O)Cc1ccc2c(c1)OCO2)C(=O)CN(C(=O)CNCCCCN)C(C)c1ccccc1. The first kappa shape index (κ1) is 78.2. The van der Waals surface area contributed by atoms with Crippen molar-refractivity contribution in [2.24, 2.45) is 40.3 Å². The zero-order valence-electron chi connectivity index (χ0n) is 56.6. The van der Waals surface area contributed by atoms with Gasteiger partial charge in [0.1, 0.15) is 13.1 Å². The van der Waals surface area contributed by atoms with Gasteiger partial charge in [0.25, 0.3) is 0 Å². The number of ether oxygens (including phenoxy) is 2. The van der Waals surface area contributed by atoms with E-state index in [4.69, 9.17) is 43.9 Å². The van der Waals surface area contributed by atoms with Crippen molar-refractivity contribution in [1.82, 2.24) is 44.5 Å². The minimum atomic E-state index is -0.741. The number of hydrogen-bond donors (Lipinski definition) is 7. The van der Waals surface area contributed by atoms with Gasteiger partial charge in [-0.15, -0.1) is 0 Å². The third-order valence-corrected chi connectivity index (χ3v) is 16.4. The molecule has 0 radical (unpaired) electrons. The normalized spacial score (nSPS) is 11.8. The number of primary amides is 1. The number of nitrogens with zero attached hydrogens (tertiary/aromatic N) is 8. The number of unbranched alkanes of at least 4 members (excludes halogenated alkanes) is 4. The highest BCUT2D eigenvalue weighted by Crippen LogP contribution is 2.33. The molecule has 1 heterocycles. The van der Waals surface area contributed by atoms with Crippen LogP contribution in [0.4, 0.5) is 0 Å². The van der Waals surface area contributed by atoms with Gasteiger partial charge in [-0.25, -0.2) is 0 Å². The zero-order valence-corrected chi connectivity index (χ0v) is 56.6. The lowest BCUT2D eigenvalue weighted by Gasteiger charge is -2.34. The first-order chi connectivity index (χ1) is 46.3. The zero-order chi connectivity index (χ0) is 69.8. The number of rotatable bonds is 46. The van der Waals surface area contributed by atoms with Crippen LogP contribution in [0, 0.1) is 5.92 Å². The van der Waals surface area contributed by atoms with Gasteiger partial charge in [0.2, 0.25) is 60.0 Å². The third-order valence-electron chi connectivity index (χ3n) is 16.4. The Bertz CT molecular complexity index is 3070. The van der Waals surface area contributed by atoms with Crippen LogP contribution >= 0.6 is 0 Å². The summed E-state index contributed by atoms with van der Waals surface area (Å²) in [5.41, 5.74) is 39.5. The molecular weight excluding hydrogens is 1230 g/mol. The van der Waals surface area contributed by atoms with Gasteiger partial charge < -0.3 is 88.4 Å². The van der Waals surface area contributed by atoms with Gasteiger partial charge in [0, 0.05) is 52.4 Å². The van der Waals surface area contributed by atoms with Crippen LogP contribution < -0.4 is 49.2 Å². The molecule has 9 amide bonds. The van der Waals surface area contributed by atoms with E-state index in [2.05, 4.69) is 5.32 Å². The molecule has 0 aliphatic carbocycles. The second kappa shape index (κ2) is 42.8. The number of amides is 9. The Labute approximate surface area is 566 Å². The van der Waals surface area contributed by atoms with Crippen molar-refractivity contribution in [3.8, 4) is 22.6 Å². The van der Waals surface area contributed by atoms with Crippen LogP contribution in [0.2, 0.25) is 0 Å². The van der Waals surface area contributed by atoms with Crippen LogP contribution in [0.1, 0.15) is 94.9 Å². The van der Waals surface area contributed by atoms with Crippen molar-refractivity contribution in [2.75, 3.05) is 144 Å². The molecule has 13 N–H and O–H groups in total. The van der Waals surface area contributed by atoms with Gasteiger partial charge in [-0.3, -0.25) is 43.2 Å². The van der Waals surface area contributed by atoms with Crippen molar-refractivity contribution in [1.29, 1.82) is 0 Å². The average Bonchev–Trinajstić information content (AvgIpc) is 1.41. The molecule has 1 aliphatic heterocycles. The lowest BCUT2D eigenvalue weighted by Crippen LogP contribution is -2.53. The molecule has 526 valence electrons. The van der Waals surface area contributed by atoms with Crippen molar-refractivity contribution < 1.29 is 52.6 Å². The summed E-state index contributed by atoms with van der Waals surface area (Å²) in [5, 5.41) is 3.18. The Balaban J connectivity index is 1.38. The molecule has 4 aromatic carbocycles. The standard InChI is InChI=1S/C70H105N15O11/c1-53(2)42-83(70(94)51-85(54(3)57-18-6-4-7-19-57)63(87)41-77-34-14-10-29-71)49-67(91)80(37-17-13-32-74)48-69(93)84(43-56-24-27-60-61(40-56)96-52-95-60)50-68(92)79(36-16-12-31-73)45-64(88)78(35-15-11-30-72)46-66(90)82(39-33-75)47-65(89)81(44-62(76)86)38-28-55-22-25-59(26-23-55)58-20-8-5-9-21-58/h4-9,18-27,40,53-54,77H,10-17,28-39,41-52,71-75H2,1-3H3,(H2,76,86). The van der Waals surface area contributed by atoms with Gasteiger partial charge in [-0.1, -0.05) is 105 Å². The lowest BCUT2D eigenvalue weighted by molar-refractivity contribution is -0.149. The molecule has 1 unspecified atom stereocenters. The van der Waals surface area contributed by atoms with E-state index in [9.17, 15) is 33.6 Å². The summed E-state index contributed by atoms with van der Waals surface area (Å²) in [4.78, 5) is 140. The number of carbonyl (C=O) groups is 9. The Kier molecular flexibility index (Phi) is 34.9. The monoisotopic (exact) mass is 1330 g/mol. The molecule has 0 bridgehead atoms. The Morgan fingerprint density at radius 1 is 0.427 bits per heavy atom. The number of benzene rings is 4. The van der Waals surface area contributed by atoms with Crippen molar-refractivity contribution in [3.05, 3.63) is 120 Å². The average molecular weight is 1330 g/mol. The summed E-state index contributed by atoms with van der Waals surface area (Å²) < 4.78 is 11.2. The fourth-order valence-corrected chi connectivity index (χ4v) is 11.0. The Morgan fingerprint density at radius 3 is 1.38 bits per heavy atom. The predicted octanol–water partition coefficient (Wildman–Crippen LogP) is 1.86. The van der Waals surface area contributed by atoms with E-state index in [1.165, 1.54) is 39.2 Å². The number of nitrogens with two attached hydrogens (primary N) is 6. The summed E-state index contributed by atoms with van der Waals surface area (Å²) in [5.74, 6) is -4.26. The summed E-state index contributed by atoms with van der Waals surface area (Å²) in [7, 11) is 0.